The zero-order valence-electron chi connectivity index (χ0n) is 22.9. The van der Waals surface area contributed by atoms with Gasteiger partial charge in [-0.1, -0.05) is 30.3 Å². The molecule has 0 radical (unpaired) electrons. The third kappa shape index (κ3) is 6.45. The van der Waals surface area contributed by atoms with Crippen molar-refractivity contribution in [3.8, 4) is 5.75 Å². The summed E-state index contributed by atoms with van der Waals surface area (Å²) in [5.74, 6) is 2.81. The minimum Gasteiger partial charge on any atom is -0.492 e. The fourth-order valence-corrected chi connectivity index (χ4v) is 5.19. The first-order valence-corrected chi connectivity index (χ1v) is 13.9. The van der Waals surface area contributed by atoms with Gasteiger partial charge in [-0.3, -0.25) is 0 Å². The number of ether oxygens (including phenoxy) is 1. The highest BCUT2D eigenvalue weighted by molar-refractivity contribution is 5.55. The summed E-state index contributed by atoms with van der Waals surface area (Å²) in [7, 11) is 2.16. The van der Waals surface area contributed by atoms with Gasteiger partial charge in [0.15, 0.2) is 0 Å². The summed E-state index contributed by atoms with van der Waals surface area (Å²) >= 11 is 0. The van der Waals surface area contributed by atoms with E-state index >= 15 is 0 Å². The monoisotopic (exact) mass is 537 g/mol. The smallest absolute Gasteiger partial charge is 0.231 e. The Bertz CT molecular complexity index is 1360. The van der Waals surface area contributed by atoms with E-state index in [2.05, 4.69) is 76.2 Å². The molecule has 2 aromatic heterocycles. The van der Waals surface area contributed by atoms with E-state index in [-0.39, 0.29) is 0 Å². The highest BCUT2D eigenvalue weighted by Crippen LogP contribution is 2.22. The number of nitrogens with zero attached hydrogens (tertiary/aromatic N) is 8. The van der Waals surface area contributed by atoms with Gasteiger partial charge in [-0.2, -0.15) is 4.98 Å². The molecule has 2 aliphatic rings. The van der Waals surface area contributed by atoms with Crippen LogP contribution in [0.15, 0.2) is 73.3 Å². The Morgan fingerprint density at radius 2 is 1.52 bits per heavy atom. The van der Waals surface area contributed by atoms with Gasteiger partial charge in [-0.15, -0.1) is 0 Å². The van der Waals surface area contributed by atoms with Gasteiger partial charge in [-0.25, -0.2) is 19.9 Å². The van der Waals surface area contributed by atoms with Crippen LogP contribution >= 0.6 is 0 Å². The van der Waals surface area contributed by atoms with E-state index in [4.69, 9.17) is 4.74 Å². The lowest BCUT2D eigenvalue weighted by molar-refractivity contribution is 0.198. The highest BCUT2D eigenvalue weighted by Gasteiger charge is 2.22. The predicted octanol–water partition coefficient (Wildman–Crippen LogP) is 3.80. The third-order valence-corrected chi connectivity index (χ3v) is 7.57. The number of aromatic nitrogens is 5. The van der Waals surface area contributed by atoms with Crippen molar-refractivity contribution in [1.82, 2.24) is 29.8 Å². The number of anilines is 4. The first kappa shape index (κ1) is 25.9. The largest absolute Gasteiger partial charge is 0.492 e. The van der Waals surface area contributed by atoms with E-state index in [9.17, 15) is 0 Å². The second kappa shape index (κ2) is 12.3. The molecule has 0 aliphatic carbocycles. The van der Waals surface area contributed by atoms with Crippen LogP contribution in [-0.4, -0.2) is 82.2 Å². The summed E-state index contributed by atoms with van der Waals surface area (Å²) in [4.78, 5) is 29.4. The Kier molecular flexibility index (Phi) is 7.95. The number of likely N-dealkylation sites (N-methyl/N-ethyl adjacent to an activating group) is 1. The van der Waals surface area contributed by atoms with Crippen molar-refractivity contribution in [2.75, 3.05) is 61.5 Å². The molecule has 206 valence electrons. The molecular formula is C30H35N9O. The third-order valence-electron chi connectivity index (χ3n) is 7.57. The molecule has 0 bridgehead atoms. The average molecular weight is 538 g/mol. The molecule has 1 atom stereocenters. The normalized spacial score (nSPS) is 17.7. The summed E-state index contributed by atoms with van der Waals surface area (Å²) in [6, 6.07) is 18.8. The summed E-state index contributed by atoms with van der Waals surface area (Å²) < 4.78 is 6.00. The summed E-state index contributed by atoms with van der Waals surface area (Å²) in [6.45, 7) is 5.02. The molecule has 2 fully saturated rings. The molecule has 1 N–H and O–H groups in total. The van der Waals surface area contributed by atoms with Crippen LogP contribution in [0.3, 0.4) is 0 Å². The van der Waals surface area contributed by atoms with Crippen LogP contribution in [0.25, 0.3) is 0 Å². The number of rotatable bonds is 9. The fraction of sp³-hybridized carbons (Fsp3) is 0.367. The van der Waals surface area contributed by atoms with E-state index in [1.165, 1.54) is 18.4 Å². The Morgan fingerprint density at radius 3 is 2.23 bits per heavy atom. The topological polar surface area (TPSA) is 95.4 Å². The van der Waals surface area contributed by atoms with Crippen LogP contribution in [0, 0.1) is 0 Å². The molecular weight excluding hydrogens is 502 g/mol. The lowest BCUT2D eigenvalue weighted by Crippen LogP contribution is -2.47. The van der Waals surface area contributed by atoms with Gasteiger partial charge < -0.3 is 24.8 Å². The van der Waals surface area contributed by atoms with Gasteiger partial charge in [0, 0.05) is 56.7 Å². The molecule has 10 nitrogen and oxygen atoms in total. The van der Waals surface area contributed by atoms with Gasteiger partial charge in [0.05, 0.1) is 0 Å². The van der Waals surface area contributed by atoms with Crippen LogP contribution in [-0.2, 0) is 6.42 Å². The molecule has 0 saturated carbocycles. The van der Waals surface area contributed by atoms with Crippen LogP contribution in [0.4, 0.5) is 23.5 Å². The van der Waals surface area contributed by atoms with E-state index in [0.29, 0.717) is 17.9 Å². The summed E-state index contributed by atoms with van der Waals surface area (Å²) in [5, 5.41) is 3.29. The lowest BCUT2D eigenvalue weighted by atomic mass is 10.1. The molecule has 10 heteroatoms. The van der Waals surface area contributed by atoms with Gasteiger partial charge in [0.25, 0.3) is 0 Å². The molecule has 0 unspecified atom stereocenters. The number of piperazine rings is 1. The number of hydrogen-bond acceptors (Lipinski definition) is 10. The number of nitrogens with one attached hydrogen (secondary N) is 1. The first-order chi connectivity index (χ1) is 19.7. The second-order valence-corrected chi connectivity index (χ2v) is 10.4. The molecule has 2 aromatic carbocycles. The quantitative estimate of drug-likeness (QED) is 0.340. The Morgan fingerprint density at radius 1 is 0.800 bits per heavy atom. The summed E-state index contributed by atoms with van der Waals surface area (Å²) in [6.07, 6.45) is 8.69. The molecule has 2 saturated heterocycles. The van der Waals surface area contributed by atoms with E-state index in [1.807, 2.05) is 42.7 Å². The standard InChI is InChI=1S/C30H35N9O/c1-37-13-5-8-26(37)21-40-27-11-9-25(10-12-27)35-28-33-22-34-30(36-28)39-16-14-38(15-17-39)29-31-19-24(20-32-29)18-23-6-3-2-4-7-23/h2-4,6-7,9-12,19-20,22,26H,5,8,13-18,21H2,1H3,(H,33,34,35,36)/t26-/m1/s1. The van der Waals surface area contributed by atoms with Crippen LogP contribution in [0.2, 0.25) is 0 Å². The molecule has 4 aromatic rings. The van der Waals surface area contributed by atoms with Gasteiger partial charge in [0.2, 0.25) is 17.8 Å². The van der Waals surface area contributed by atoms with Crippen molar-refractivity contribution in [3.63, 3.8) is 0 Å². The maximum Gasteiger partial charge on any atom is 0.231 e. The lowest BCUT2D eigenvalue weighted by Gasteiger charge is -2.34. The Labute approximate surface area is 235 Å². The van der Waals surface area contributed by atoms with E-state index < -0.39 is 0 Å². The maximum absolute atomic E-state index is 6.00. The number of benzene rings is 2. The van der Waals surface area contributed by atoms with E-state index in [1.54, 1.807) is 6.33 Å². The highest BCUT2D eigenvalue weighted by atomic mass is 16.5. The van der Waals surface area contributed by atoms with Gasteiger partial charge in [-0.05, 0) is 61.8 Å². The van der Waals surface area contributed by atoms with Crippen molar-refractivity contribution in [3.05, 3.63) is 84.4 Å². The van der Waals surface area contributed by atoms with E-state index in [0.717, 1.165) is 68.7 Å². The average Bonchev–Trinajstić information content (AvgIpc) is 3.42. The zero-order chi connectivity index (χ0) is 27.1. The Balaban J connectivity index is 1.000. The van der Waals surface area contributed by atoms with Gasteiger partial charge in [0.1, 0.15) is 18.7 Å². The molecule has 0 spiro atoms. The molecule has 4 heterocycles. The molecule has 0 amide bonds. The fourth-order valence-electron chi connectivity index (χ4n) is 5.19. The SMILES string of the molecule is CN1CCC[C@@H]1COc1ccc(Nc2ncnc(N3CCN(c4ncc(Cc5ccccc5)cn4)CC3)n2)cc1. The van der Waals surface area contributed by atoms with Crippen LogP contribution < -0.4 is 19.9 Å². The van der Waals surface area contributed by atoms with Crippen molar-refractivity contribution in [2.24, 2.45) is 0 Å². The molecule has 40 heavy (non-hydrogen) atoms. The van der Waals surface area contributed by atoms with Gasteiger partial charge >= 0.3 is 0 Å². The second-order valence-electron chi connectivity index (χ2n) is 10.4. The first-order valence-electron chi connectivity index (χ1n) is 13.9. The molecule has 2 aliphatic heterocycles. The minimum absolute atomic E-state index is 0.501. The van der Waals surface area contributed by atoms with Crippen molar-refractivity contribution >= 4 is 23.5 Å². The Hall–Kier alpha value is -4.31. The van der Waals surface area contributed by atoms with Crippen LogP contribution in [0.1, 0.15) is 24.0 Å². The zero-order valence-corrected chi connectivity index (χ0v) is 22.9. The minimum atomic E-state index is 0.501. The summed E-state index contributed by atoms with van der Waals surface area (Å²) in [5.41, 5.74) is 3.27. The van der Waals surface area contributed by atoms with Crippen molar-refractivity contribution in [1.29, 1.82) is 0 Å². The number of hydrogen-bond donors (Lipinski definition) is 1. The maximum atomic E-state index is 6.00. The van der Waals surface area contributed by atoms with Crippen molar-refractivity contribution < 1.29 is 4.74 Å². The van der Waals surface area contributed by atoms with Crippen LogP contribution in [0.5, 0.6) is 5.75 Å². The number of likely N-dealkylation sites (tertiary alicyclic amines) is 1. The predicted molar refractivity (Wildman–Crippen MR) is 156 cm³/mol. The molecule has 6 rings (SSSR count). The van der Waals surface area contributed by atoms with Crippen molar-refractivity contribution in [2.45, 2.75) is 25.3 Å².